The lowest BCUT2D eigenvalue weighted by molar-refractivity contribution is 0.474. The van der Waals surface area contributed by atoms with Crippen LogP contribution in [0.2, 0.25) is 0 Å². The van der Waals surface area contributed by atoms with E-state index in [1.165, 1.54) is 13.1 Å². The lowest BCUT2D eigenvalue weighted by Crippen LogP contribution is -2.39. The van der Waals surface area contributed by atoms with Gasteiger partial charge in [-0.3, -0.25) is 14.3 Å². The molecule has 0 aromatic carbocycles. The molecule has 1 saturated heterocycles. The van der Waals surface area contributed by atoms with Crippen molar-refractivity contribution in [1.82, 2.24) is 29.4 Å². The van der Waals surface area contributed by atoms with Gasteiger partial charge >= 0.3 is 5.69 Å². The molecule has 1 aliphatic heterocycles. The molecule has 1 N–H and O–H groups in total. The van der Waals surface area contributed by atoms with E-state index in [1.807, 2.05) is 40.5 Å². The van der Waals surface area contributed by atoms with Gasteiger partial charge in [0.05, 0.1) is 0 Å². The van der Waals surface area contributed by atoms with Crippen LogP contribution in [-0.4, -0.2) is 56.5 Å². The summed E-state index contributed by atoms with van der Waals surface area (Å²) in [7, 11) is 5.35. The van der Waals surface area contributed by atoms with Gasteiger partial charge in [-0.15, -0.1) is 15.3 Å². The molecule has 0 atom stereocenters. The van der Waals surface area contributed by atoms with E-state index in [0.29, 0.717) is 5.82 Å². The van der Waals surface area contributed by atoms with Gasteiger partial charge in [0.1, 0.15) is 11.6 Å². The molecule has 142 valence electrons. The van der Waals surface area contributed by atoms with Gasteiger partial charge in [-0.25, -0.2) is 4.79 Å². The monoisotopic (exact) mass is 370 g/mol. The first kappa shape index (κ1) is 17.3. The fraction of sp³-hybridized carbons (Fsp3) is 0.471. The average Bonchev–Trinajstić information content (AvgIpc) is 3.09. The SMILES string of the molecule is CN(C)c1ccc2nnc(C3CCN(c4cc(=O)n(C)c(=O)[nH]4)CC3)n2n1. The number of nitrogens with one attached hydrogen (secondary N) is 1. The summed E-state index contributed by atoms with van der Waals surface area (Å²) in [5, 5.41) is 13.2. The Bertz CT molecular complexity index is 1060. The highest BCUT2D eigenvalue weighted by atomic mass is 16.2. The van der Waals surface area contributed by atoms with E-state index in [9.17, 15) is 9.59 Å². The Morgan fingerprint density at radius 3 is 2.56 bits per heavy atom. The summed E-state index contributed by atoms with van der Waals surface area (Å²) >= 11 is 0. The van der Waals surface area contributed by atoms with Crippen molar-refractivity contribution in [3.63, 3.8) is 0 Å². The maximum absolute atomic E-state index is 11.9. The summed E-state index contributed by atoms with van der Waals surface area (Å²) in [5.41, 5.74) is 0.0251. The topological polar surface area (TPSA) is 104 Å². The normalized spacial score (nSPS) is 15.4. The second-order valence-electron chi connectivity index (χ2n) is 7.03. The van der Waals surface area contributed by atoms with Crippen LogP contribution in [0.15, 0.2) is 27.8 Å². The molecule has 10 nitrogen and oxygen atoms in total. The summed E-state index contributed by atoms with van der Waals surface area (Å²) in [6.07, 6.45) is 1.68. The third-order valence-corrected chi connectivity index (χ3v) is 5.06. The van der Waals surface area contributed by atoms with E-state index in [0.717, 1.165) is 47.8 Å². The van der Waals surface area contributed by atoms with Crippen LogP contribution in [0.4, 0.5) is 11.6 Å². The third kappa shape index (κ3) is 3.07. The van der Waals surface area contributed by atoms with E-state index in [1.54, 1.807) is 0 Å². The van der Waals surface area contributed by atoms with Gasteiger partial charge in [0.2, 0.25) is 0 Å². The highest BCUT2D eigenvalue weighted by Gasteiger charge is 2.26. The molecular weight excluding hydrogens is 348 g/mol. The Kier molecular flexibility index (Phi) is 4.17. The minimum Gasteiger partial charge on any atom is -0.361 e. The van der Waals surface area contributed by atoms with Crippen molar-refractivity contribution in [2.24, 2.45) is 7.05 Å². The Labute approximate surface area is 155 Å². The quantitative estimate of drug-likeness (QED) is 0.690. The Morgan fingerprint density at radius 1 is 1.15 bits per heavy atom. The summed E-state index contributed by atoms with van der Waals surface area (Å²) in [6.45, 7) is 1.44. The van der Waals surface area contributed by atoms with Gasteiger partial charge in [-0.1, -0.05) is 0 Å². The van der Waals surface area contributed by atoms with Gasteiger partial charge < -0.3 is 9.80 Å². The van der Waals surface area contributed by atoms with Gasteiger partial charge in [-0.2, -0.15) is 4.52 Å². The van der Waals surface area contributed by atoms with Crippen LogP contribution in [0.1, 0.15) is 24.6 Å². The molecule has 0 spiro atoms. The van der Waals surface area contributed by atoms with E-state index in [4.69, 9.17) is 0 Å². The number of aromatic nitrogens is 6. The minimum atomic E-state index is -0.400. The molecule has 1 fully saturated rings. The number of piperidine rings is 1. The highest BCUT2D eigenvalue weighted by Crippen LogP contribution is 2.28. The molecule has 27 heavy (non-hydrogen) atoms. The van der Waals surface area contributed by atoms with E-state index >= 15 is 0 Å². The number of rotatable bonds is 3. The lowest BCUT2D eigenvalue weighted by atomic mass is 9.96. The number of hydrogen-bond donors (Lipinski definition) is 1. The number of anilines is 2. The molecule has 10 heteroatoms. The number of H-pyrrole nitrogens is 1. The van der Waals surface area contributed by atoms with Crippen LogP contribution in [0.5, 0.6) is 0 Å². The molecule has 0 amide bonds. The first-order valence-corrected chi connectivity index (χ1v) is 8.89. The second kappa shape index (κ2) is 6.53. The molecule has 1 aliphatic rings. The minimum absolute atomic E-state index is 0.222. The summed E-state index contributed by atoms with van der Waals surface area (Å²) in [5.74, 6) is 2.49. The van der Waals surface area contributed by atoms with Crippen LogP contribution < -0.4 is 21.0 Å². The maximum Gasteiger partial charge on any atom is 0.329 e. The predicted molar refractivity (Wildman–Crippen MR) is 102 cm³/mol. The molecule has 3 aromatic heterocycles. The Morgan fingerprint density at radius 2 is 1.89 bits per heavy atom. The molecule has 0 unspecified atom stereocenters. The molecule has 0 radical (unpaired) electrons. The number of nitrogens with zero attached hydrogens (tertiary/aromatic N) is 7. The van der Waals surface area contributed by atoms with Crippen molar-refractivity contribution in [2.45, 2.75) is 18.8 Å². The van der Waals surface area contributed by atoms with E-state index in [-0.39, 0.29) is 11.5 Å². The molecule has 4 rings (SSSR count). The molecule has 3 aromatic rings. The number of aromatic amines is 1. The Balaban J connectivity index is 1.56. The number of fused-ring (bicyclic) bond motifs is 1. The zero-order chi connectivity index (χ0) is 19.1. The Hall–Kier alpha value is -3.17. The summed E-state index contributed by atoms with van der Waals surface area (Å²) < 4.78 is 2.88. The summed E-state index contributed by atoms with van der Waals surface area (Å²) in [6, 6.07) is 5.31. The molecule has 0 aliphatic carbocycles. The highest BCUT2D eigenvalue weighted by molar-refractivity contribution is 5.45. The molecule has 0 saturated carbocycles. The van der Waals surface area contributed by atoms with Crippen LogP contribution in [0.25, 0.3) is 5.65 Å². The van der Waals surface area contributed by atoms with Gasteiger partial charge in [0, 0.05) is 46.2 Å². The largest absolute Gasteiger partial charge is 0.361 e. The predicted octanol–water partition coefficient (Wildman–Crippen LogP) is -0.0387. The first-order chi connectivity index (χ1) is 12.9. The van der Waals surface area contributed by atoms with Gasteiger partial charge in [0.25, 0.3) is 5.56 Å². The van der Waals surface area contributed by atoms with Crippen LogP contribution in [-0.2, 0) is 7.05 Å². The van der Waals surface area contributed by atoms with Crippen molar-refractivity contribution in [3.05, 3.63) is 44.9 Å². The van der Waals surface area contributed by atoms with Crippen molar-refractivity contribution >= 4 is 17.3 Å². The zero-order valence-electron chi connectivity index (χ0n) is 15.6. The van der Waals surface area contributed by atoms with E-state index in [2.05, 4.69) is 20.3 Å². The second-order valence-corrected chi connectivity index (χ2v) is 7.03. The van der Waals surface area contributed by atoms with Crippen LogP contribution in [0, 0.1) is 0 Å². The fourth-order valence-electron chi connectivity index (χ4n) is 3.38. The number of hydrogen-bond acceptors (Lipinski definition) is 7. The molecule has 0 bridgehead atoms. The van der Waals surface area contributed by atoms with Gasteiger partial charge in [-0.05, 0) is 25.0 Å². The average molecular weight is 370 g/mol. The van der Waals surface area contributed by atoms with Crippen molar-refractivity contribution < 1.29 is 0 Å². The van der Waals surface area contributed by atoms with Crippen molar-refractivity contribution in [3.8, 4) is 0 Å². The van der Waals surface area contributed by atoms with Crippen LogP contribution in [0.3, 0.4) is 0 Å². The summed E-state index contributed by atoms with van der Waals surface area (Å²) in [4.78, 5) is 30.4. The van der Waals surface area contributed by atoms with E-state index < -0.39 is 5.69 Å². The van der Waals surface area contributed by atoms with Crippen LogP contribution >= 0.6 is 0 Å². The first-order valence-electron chi connectivity index (χ1n) is 8.89. The maximum atomic E-state index is 11.9. The molecule has 4 heterocycles. The van der Waals surface area contributed by atoms with Crippen molar-refractivity contribution in [2.75, 3.05) is 37.0 Å². The zero-order valence-corrected chi connectivity index (χ0v) is 15.6. The standard InChI is InChI=1S/C17H22N8O2/c1-22(2)13-5-4-12-19-20-16(25(12)21-13)11-6-8-24(9-7-11)14-10-15(26)23(3)17(27)18-14/h4-5,10-11H,6-9H2,1-3H3,(H,18,27). The van der Waals surface area contributed by atoms with Gasteiger partial charge in [0.15, 0.2) is 11.5 Å². The lowest BCUT2D eigenvalue weighted by Gasteiger charge is -2.32. The van der Waals surface area contributed by atoms with Crippen molar-refractivity contribution in [1.29, 1.82) is 0 Å². The third-order valence-electron chi connectivity index (χ3n) is 5.06. The smallest absolute Gasteiger partial charge is 0.329 e. The fourth-order valence-corrected chi connectivity index (χ4v) is 3.38. The molecular formula is C17H22N8O2.